The van der Waals surface area contributed by atoms with Gasteiger partial charge in [0.2, 0.25) is 0 Å². The molecule has 0 saturated carbocycles. The summed E-state index contributed by atoms with van der Waals surface area (Å²) >= 11 is 0. The second-order valence-electron chi connectivity index (χ2n) is 2.85. The molecule has 0 unspecified atom stereocenters. The van der Waals surface area contributed by atoms with Gasteiger partial charge in [0.15, 0.2) is 5.78 Å². The fourth-order valence-corrected chi connectivity index (χ4v) is 1.03. The number of nitrogens with one attached hydrogen (secondary N) is 1. The lowest BCUT2D eigenvalue weighted by Crippen LogP contribution is -2.22. The van der Waals surface area contributed by atoms with Crippen molar-refractivity contribution in [1.29, 1.82) is 0 Å². The van der Waals surface area contributed by atoms with E-state index in [1.54, 1.807) is 6.08 Å². The van der Waals surface area contributed by atoms with Crippen molar-refractivity contribution in [2.24, 2.45) is 0 Å². The largest absolute Gasteiger partial charge is 0.306 e. The smallest absolute Gasteiger partial charge is 0.176 e. The molecule has 74 valence electrons. The van der Waals surface area contributed by atoms with Crippen molar-refractivity contribution in [2.45, 2.75) is 0 Å². The molecule has 0 amide bonds. The molecule has 14 heavy (non-hydrogen) atoms. The predicted molar refractivity (Wildman–Crippen MR) is 53.8 cm³/mol. The minimum atomic E-state index is -0.333. The first-order valence-corrected chi connectivity index (χ1v) is 4.34. The lowest BCUT2D eigenvalue weighted by molar-refractivity contribution is 0.0992. The maximum absolute atomic E-state index is 12.5. The third-order valence-corrected chi connectivity index (χ3v) is 1.74. The molecule has 0 aliphatic carbocycles. The van der Waals surface area contributed by atoms with Crippen LogP contribution in [-0.4, -0.2) is 18.9 Å². The van der Waals surface area contributed by atoms with Crippen molar-refractivity contribution in [3.05, 3.63) is 48.3 Å². The SMILES string of the molecule is C=CCNCC(=O)c1ccc(F)cc1. The van der Waals surface area contributed by atoms with E-state index in [9.17, 15) is 9.18 Å². The van der Waals surface area contributed by atoms with Crippen molar-refractivity contribution >= 4 is 5.78 Å². The van der Waals surface area contributed by atoms with Crippen LogP contribution in [0.1, 0.15) is 10.4 Å². The Morgan fingerprint density at radius 2 is 2.07 bits per heavy atom. The van der Waals surface area contributed by atoms with Crippen molar-refractivity contribution in [1.82, 2.24) is 5.32 Å². The number of benzene rings is 1. The summed E-state index contributed by atoms with van der Waals surface area (Å²) in [5.74, 6) is -0.382. The normalized spacial score (nSPS) is 9.79. The molecule has 0 atom stereocenters. The molecule has 3 heteroatoms. The number of hydrogen-bond donors (Lipinski definition) is 1. The van der Waals surface area contributed by atoms with Crippen LogP contribution in [0.4, 0.5) is 4.39 Å². The van der Waals surface area contributed by atoms with Crippen LogP contribution in [0.5, 0.6) is 0 Å². The van der Waals surface area contributed by atoms with Crippen LogP contribution in [0.2, 0.25) is 0 Å². The summed E-state index contributed by atoms with van der Waals surface area (Å²) in [5, 5.41) is 2.89. The fraction of sp³-hybridized carbons (Fsp3) is 0.182. The fourth-order valence-electron chi connectivity index (χ4n) is 1.03. The van der Waals surface area contributed by atoms with Gasteiger partial charge in [-0.05, 0) is 24.3 Å². The van der Waals surface area contributed by atoms with E-state index in [0.717, 1.165) is 0 Å². The van der Waals surface area contributed by atoms with Crippen molar-refractivity contribution < 1.29 is 9.18 Å². The van der Waals surface area contributed by atoms with Gasteiger partial charge >= 0.3 is 0 Å². The van der Waals surface area contributed by atoms with Gasteiger partial charge in [-0.15, -0.1) is 6.58 Å². The van der Waals surface area contributed by atoms with Gasteiger partial charge in [0.1, 0.15) is 5.82 Å². The number of rotatable bonds is 5. The monoisotopic (exact) mass is 193 g/mol. The van der Waals surface area contributed by atoms with Crippen LogP contribution < -0.4 is 5.32 Å². The third-order valence-electron chi connectivity index (χ3n) is 1.74. The summed E-state index contributed by atoms with van der Waals surface area (Å²) in [4.78, 5) is 11.4. The third kappa shape index (κ3) is 3.11. The van der Waals surface area contributed by atoms with E-state index >= 15 is 0 Å². The Kier molecular flexibility index (Phi) is 4.01. The molecule has 1 N–H and O–H groups in total. The van der Waals surface area contributed by atoms with E-state index in [1.165, 1.54) is 24.3 Å². The molecule has 1 aromatic rings. The molecule has 0 bridgehead atoms. The second-order valence-corrected chi connectivity index (χ2v) is 2.85. The maximum atomic E-state index is 12.5. The number of carbonyl (C=O) groups is 1. The van der Waals surface area contributed by atoms with Gasteiger partial charge in [-0.2, -0.15) is 0 Å². The van der Waals surface area contributed by atoms with Gasteiger partial charge < -0.3 is 5.32 Å². The molecule has 1 aromatic carbocycles. The molecule has 0 aliphatic heterocycles. The van der Waals surface area contributed by atoms with Gasteiger partial charge in [0.05, 0.1) is 6.54 Å². The second kappa shape index (κ2) is 5.29. The maximum Gasteiger partial charge on any atom is 0.176 e. The molecular weight excluding hydrogens is 181 g/mol. The minimum absolute atomic E-state index is 0.0492. The number of halogens is 1. The van der Waals surface area contributed by atoms with Gasteiger partial charge in [-0.3, -0.25) is 4.79 Å². The van der Waals surface area contributed by atoms with E-state index < -0.39 is 0 Å². The summed E-state index contributed by atoms with van der Waals surface area (Å²) in [7, 11) is 0. The van der Waals surface area contributed by atoms with E-state index in [-0.39, 0.29) is 18.1 Å². The predicted octanol–water partition coefficient (Wildman–Crippen LogP) is 1.78. The van der Waals surface area contributed by atoms with E-state index in [2.05, 4.69) is 11.9 Å². The zero-order valence-corrected chi connectivity index (χ0v) is 7.79. The van der Waals surface area contributed by atoms with Gasteiger partial charge in [-0.25, -0.2) is 4.39 Å². The average Bonchev–Trinajstić information content (AvgIpc) is 2.19. The van der Waals surface area contributed by atoms with Gasteiger partial charge in [-0.1, -0.05) is 6.08 Å². The van der Waals surface area contributed by atoms with Crippen LogP contribution in [0.15, 0.2) is 36.9 Å². The topological polar surface area (TPSA) is 29.1 Å². The van der Waals surface area contributed by atoms with Crippen molar-refractivity contribution in [3.63, 3.8) is 0 Å². The molecular formula is C11H12FNO. The summed E-state index contributed by atoms with van der Waals surface area (Å²) in [6.45, 7) is 4.36. The highest BCUT2D eigenvalue weighted by atomic mass is 19.1. The van der Waals surface area contributed by atoms with Crippen LogP contribution in [-0.2, 0) is 0 Å². The van der Waals surface area contributed by atoms with Crippen molar-refractivity contribution in [2.75, 3.05) is 13.1 Å². The molecule has 0 aromatic heterocycles. The summed E-state index contributed by atoms with van der Waals surface area (Å²) in [6, 6.07) is 5.52. The number of ketones is 1. The molecule has 0 spiro atoms. The Labute approximate surface area is 82.4 Å². The van der Waals surface area contributed by atoms with Gasteiger partial charge in [0, 0.05) is 12.1 Å². The summed E-state index contributed by atoms with van der Waals surface area (Å²) in [5.41, 5.74) is 0.517. The van der Waals surface area contributed by atoms with E-state index in [1.807, 2.05) is 0 Å². The first-order chi connectivity index (χ1) is 6.74. The average molecular weight is 193 g/mol. The van der Waals surface area contributed by atoms with Crippen LogP contribution in [0.25, 0.3) is 0 Å². The quantitative estimate of drug-likeness (QED) is 0.439. The molecule has 1 rings (SSSR count). The first kappa shape index (κ1) is 10.6. The van der Waals surface area contributed by atoms with Crippen molar-refractivity contribution in [3.8, 4) is 0 Å². The van der Waals surface area contributed by atoms with Crippen LogP contribution >= 0.6 is 0 Å². The minimum Gasteiger partial charge on any atom is -0.306 e. The molecule has 0 aliphatic rings. The lowest BCUT2D eigenvalue weighted by atomic mass is 10.1. The Morgan fingerprint density at radius 1 is 1.43 bits per heavy atom. The van der Waals surface area contributed by atoms with E-state index in [4.69, 9.17) is 0 Å². The van der Waals surface area contributed by atoms with Crippen LogP contribution in [0.3, 0.4) is 0 Å². The Morgan fingerprint density at radius 3 is 2.64 bits per heavy atom. The summed E-state index contributed by atoms with van der Waals surface area (Å²) in [6.07, 6.45) is 1.68. The lowest BCUT2D eigenvalue weighted by Gasteiger charge is -2.01. The Balaban J connectivity index is 2.52. The molecule has 2 nitrogen and oxygen atoms in total. The van der Waals surface area contributed by atoms with Gasteiger partial charge in [0.25, 0.3) is 0 Å². The number of Topliss-reactive ketones (excluding diaryl/α,β-unsaturated/α-hetero) is 1. The molecule has 0 radical (unpaired) electrons. The molecule has 0 fully saturated rings. The zero-order valence-electron chi connectivity index (χ0n) is 7.79. The number of hydrogen-bond acceptors (Lipinski definition) is 2. The highest BCUT2D eigenvalue weighted by molar-refractivity contribution is 5.97. The Bertz CT molecular complexity index is 319. The summed E-state index contributed by atoms with van der Waals surface area (Å²) < 4.78 is 12.5. The highest BCUT2D eigenvalue weighted by Gasteiger charge is 2.03. The number of carbonyl (C=O) groups excluding carboxylic acids is 1. The molecule has 0 heterocycles. The zero-order chi connectivity index (χ0) is 10.4. The van der Waals surface area contributed by atoms with Crippen LogP contribution in [0, 0.1) is 5.82 Å². The standard InChI is InChI=1S/C11H12FNO/c1-2-7-13-8-11(14)9-3-5-10(12)6-4-9/h2-6,13H,1,7-8H2. The van der Waals surface area contributed by atoms with E-state index in [0.29, 0.717) is 12.1 Å². The Hall–Kier alpha value is -1.48. The highest BCUT2D eigenvalue weighted by Crippen LogP contribution is 2.02. The first-order valence-electron chi connectivity index (χ1n) is 4.34. The molecule has 0 saturated heterocycles.